The van der Waals surface area contributed by atoms with E-state index < -0.39 is 5.91 Å². The third-order valence-electron chi connectivity index (χ3n) is 2.38. The maximum atomic E-state index is 11.7. The maximum Gasteiger partial charge on any atom is 0.259 e. The number of carbonyl (C=O) groups is 2. The van der Waals surface area contributed by atoms with Gasteiger partial charge in [-0.15, -0.1) is 0 Å². The molecule has 1 N–H and O–H groups in total. The van der Waals surface area contributed by atoms with Gasteiger partial charge in [0.2, 0.25) is 5.91 Å². The largest absolute Gasteiger partial charge is 0.292 e. The molecule has 0 aliphatic carbocycles. The van der Waals surface area contributed by atoms with Crippen LogP contribution in [0, 0.1) is 0 Å². The first-order valence-electron chi connectivity index (χ1n) is 5.54. The van der Waals surface area contributed by atoms with E-state index in [4.69, 9.17) is 0 Å². The molecule has 18 heavy (non-hydrogen) atoms. The number of hydrogen-bond acceptors (Lipinski definition) is 3. The van der Waals surface area contributed by atoms with Gasteiger partial charge in [-0.05, 0) is 17.7 Å². The molecular formula is C14H12N2O2. The Labute approximate surface area is 105 Å². The van der Waals surface area contributed by atoms with E-state index in [9.17, 15) is 9.59 Å². The molecule has 0 bridgehead atoms. The lowest BCUT2D eigenvalue weighted by Gasteiger charge is -2.03. The van der Waals surface area contributed by atoms with E-state index in [1.54, 1.807) is 18.3 Å². The summed E-state index contributed by atoms with van der Waals surface area (Å²) in [7, 11) is 0. The lowest BCUT2D eigenvalue weighted by Crippen LogP contribution is -2.31. The van der Waals surface area contributed by atoms with Crippen molar-refractivity contribution in [2.45, 2.75) is 6.42 Å². The van der Waals surface area contributed by atoms with Crippen molar-refractivity contribution in [2.24, 2.45) is 0 Å². The molecule has 0 saturated carbocycles. The van der Waals surface area contributed by atoms with Crippen molar-refractivity contribution < 1.29 is 9.59 Å². The molecule has 0 atom stereocenters. The Morgan fingerprint density at radius 3 is 2.50 bits per heavy atom. The molecule has 2 amide bonds. The number of amides is 2. The van der Waals surface area contributed by atoms with Crippen molar-refractivity contribution >= 4 is 11.8 Å². The summed E-state index contributed by atoms with van der Waals surface area (Å²) < 4.78 is 0. The minimum absolute atomic E-state index is 0.187. The third-order valence-corrected chi connectivity index (χ3v) is 2.38. The molecule has 0 aliphatic rings. The van der Waals surface area contributed by atoms with E-state index in [1.165, 1.54) is 6.20 Å². The molecule has 0 spiro atoms. The fraction of sp³-hybridized carbons (Fsp3) is 0.0714. The fourth-order valence-corrected chi connectivity index (χ4v) is 1.52. The van der Waals surface area contributed by atoms with Crippen LogP contribution in [0.2, 0.25) is 0 Å². The van der Waals surface area contributed by atoms with Gasteiger partial charge in [-0.3, -0.25) is 19.9 Å². The Kier molecular flexibility index (Phi) is 3.81. The maximum absolute atomic E-state index is 11.7. The Morgan fingerprint density at radius 1 is 1.06 bits per heavy atom. The number of carbonyl (C=O) groups excluding carboxylic acids is 2. The van der Waals surface area contributed by atoms with Gasteiger partial charge in [-0.25, -0.2) is 0 Å². The van der Waals surface area contributed by atoms with Crippen LogP contribution in [-0.2, 0) is 11.2 Å². The molecule has 2 aromatic rings. The molecule has 0 aliphatic heterocycles. The van der Waals surface area contributed by atoms with Gasteiger partial charge < -0.3 is 0 Å². The summed E-state index contributed by atoms with van der Waals surface area (Å²) >= 11 is 0. The van der Waals surface area contributed by atoms with Crippen molar-refractivity contribution in [1.29, 1.82) is 0 Å². The minimum atomic E-state index is -0.427. The topological polar surface area (TPSA) is 59.1 Å². The second-order valence-corrected chi connectivity index (χ2v) is 3.78. The Morgan fingerprint density at radius 2 is 1.83 bits per heavy atom. The second-order valence-electron chi connectivity index (χ2n) is 3.78. The van der Waals surface area contributed by atoms with E-state index in [-0.39, 0.29) is 12.3 Å². The predicted molar refractivity (Wildman–Crippen MR) is 66.9 cm³/mol. The molecular weight excluding hydrogens is 228 g/mol. The molecule has 1 aromatic heterocycles. The van der Waals surface area contributed by atoms with Crippen LogP contribution in [0.4, 0.5) is 0 Å². The van der Waals surface area contributed by atoms with Crippen LogP contribution in [-0.4, -0.2) is 16.8 Å². The van der Waals surface area contributed by atoms with Crippen LogP contribution >= 0.6 is 0 Å². The number of rotatable bonds is 3. The molecule has 4 nitrogen and oxygen atoms in total. The smallest absolute Gasteiger partial charge is 0.259 e. The van der Waals surface area contributed by atoms with E-state index in [0.717, 1.165) is 5.56 Å². The zero-order chi connectivity index (χ0) is 12.8. The number of imide groups is 1. The van der Waals surface area contributed by atoms with Crippen LogP contribution in [0.5, 0.6) is 0 Å². The number of nitrogens with one attached hydrogen (secondary N) is 1. The first-order chi connectivity index (χ1) is 8.75. The van der Waals surface area contributed by atoms with Crippen LogP contribution < -0.4 is 5.32 Å². The number of benzene rings is 1. The first-order valence-corrected chi connectivity index (χ1v) is 5.54. The number of hydrogen-bond donors (Lipinski definition) is 1. The molecule has 1 aromatic carbocycles. The van der Waals surface area contributed by atoms with Gasteiger partial charge in [0.05, 0.1) is 12.0 Å². The Hall–Kier alpha value is -2.49. The summed E-state index contributed by atoms with van der Waals surface area (Å²) in [4.78, 5) is 27.1. The van der Waals surface area contributed by atoms with Crippen molar-refractivity contribution in [2.75, 3.05) is 0 Å². The van der Waals surface area contributed by atoms with Gasteiger partial charge >= 0.3 is 0 Å². The van der Waals surface area contributed by atoms with Gasteiger partial charge in [0, 0.05) is 12.4 Å². The van der Waals surface area contributed by atoms with E-state index in [0.29, 0.717) is 5.56 Å². The molecule has 4 heteroatoms. The Bertz CT molecular complexity index is 538. The summed E-state index contributed by atoms with van der Waals surface area (Å²) in [6.45, 7) is 0. The zero-order valence-electron chi connectivity index (χ0n) is 9.67. The molecule has 0 fully saturated rings. The first kappa shape index (κ1) is 12.0. The summed E-state index contributed by atoms with van der Waals surface area (Å²) in [5, 5.41) is 2.33. The normalized spacial score (nSPS) is 9.78. The van der Waals surface area contributed by atoms with Crippen molar-refractivity contribution in [1.82, 2.24) is 10.3 Å². The average molecular weight is 240 g/mol. The minimum Gasteiger partial charge on any atom is -0.292 e. The van der Waals surface area contributed by atoms with Crippen LogP contribution in [0.3, 0.4) is 0 Å². The highest BCUT2D eigenvalue weighted by Crippen LogP contribution is 2.00. The van der Waals surface area contributed by atoms with Crippen molar-refractivity contribution in [3.8, 4) is 0 Å². The molecule has 90 valence electrons. The molecule has 0 radical (unpaired) electrons. The fourth-order valence-electron chi connectivity index (χ4n) is 1.52. The quantitative estimate of drug-likeness (QED) is 0.886. The van der Waals surface area contributed by atoms with Crippen molar-refractivity contribution in [3.63, 3.8) is 0 Å². The van der Waals surface area contributed by atoms with Crippen molar-refractivity contribution in [3.05, 3.63) is 66.0 Å². The summed E-state index contributed by atoms with van der Waals surface area (Å²) in [6, 6.07) is 12.5. The summed E-state index contributed by atoms with van der Waals surface area (Å²) in [6.07, 6.45) is 3.18. The standard InChI is InChI=1S/C14H12N2O2/c17-13(9-11-5-2-1-3-6-11)16-14(18)12-7-4-8-15-10-12/h1-8,10H,9H2,(H,16,17,18). The van der Waals surface area contributed by atoms with Gasteiger partial charge in [-0.1, -0.05) is 30.3 Å². The highest BCUT2D eigenvalue weighted by atomic mass is 16.2. The van der Waals surface area contributed by atoms with Gasteiger partial charge in [-0.2, -0.15) is 0 Å². The molecule has 1 heterocycles. The van der Waals surface area contributed by atoms with Crippen LogP contribution in [0.25, 0.3) is 0 Å². The highest BCUT2D eigenvalue weighted by molar-refractivity contribution is 6.04. The second kappa shape index (κ2) is 5.72. The van der Waals surface area contributed by atoms with Crippen LogP contribution in [0.1, 0.15) is 15.9 Å². The monoisotopic (exact) mass is 240 g/mol. The number of nitrogens with zero attached hydrogens (tertiary/aromatic N) is 1. The van der Waals surface area contributed by atoms with Gasteiger partial charge in [0.25, 0.3) is 5.91 Å². The summed E-state index contributed by atoms with van der Waals surface area (Å²) in [5.74, 6) is -0.751. The van der Waals surface area contributed by atoms with Gasteiger partial charge in [0.15, 0.2) is 0 Å². The molecule has 0 unspecified atom stereocenters. The zero-order valence-corrected chi connectivity index (χ0v) is 9.67. The molecule has 2 rings (SSSR count). The SMILES string of the molecule is O=C(Cc1ccccc1)NC(=O)c1cccnc1. The van der Waals surface area contributed by atoms with Gasteiger partial charge in [0.1, 0.15) is 0 Å². The lowest BCUT2D eigenvalue weighted by molar-refractivity contribution is -0.119. The number of aromatic nitrogens is 1. The van der Waals surface area contributed by atoms with Crippen LogP contribution in [0.15, 0.2) is 54.9 Å². The lowest BCUT2D eigenvalue weighted by atomic mass is 10.1. The predicted octanol–water partition coefficient (Wildman–Crippen LogP) is 1.58. The summed E-state index contributed by atoms with van der Waals surface area (Å²) in [5.41, 5.74) is 1.24. The number of pyridine rings is 1. The molecule has 0 saturated heterocycles. The Balaban J connectivity index is 1.94. The highest BCUT2D eigenvalue weighted by Gasteiger charge is 2.10. The van der Waals surface area contributed by atoms with E-state index in [1.807, 2.05) is 30.3 Å². The van der Waals surface area contributed by atoms with E-state index >= 15 is 0 Å². The average Bonchev–Trinajstić information content (AvgIpc) is 2.40. The van der Waals surface area contributed by atoms with E-state index in [2.05, 4.69) is 10.3 Å². The third kappa shape index (κ3) is 3.25.